The number of hydrogen-bond donors (Lipinski definition) is 2. The molecule has 1 aliphatic rings. The standard InChI is InChI=1S/C14H20N2O2/c1-10(14(17)16-8-7-15)18-13-6-5-11-3-2-4-12(11)9-13/h5-6,9-10H,2-4,7-8,15H2,1H3,(H,16,17). The molecule has 0 fully saturated rings. The van der Waals surface area contributed by atoms with E-state index in [9.17, 15) is 4.79 Å². The van der Waals surface area contributed by atoms with Crippen LogP contribution >= 0.6 is 0 Å². The van der Waals surface area contributed by atoms with Crippen molar-refractivity contribution in [3.05, 3.63) is 29.3 Å². The second kappa shape index (κ2) is 5.87. The number of nitrogens with one attached hydrogen (secondary N) is 1. The molecule has 2 rings (SSSR count). The Morgan fingerprint density at radius 3 is 3.00 bits per heavy atom. The number of fused-ring (bicyclic) bond motifs is 1. The van der Waals surface area contributed by atoms with Crippen LogP contribution in [0.25, 0.3) is 0 Å². The van der Waals surface area contributed by atoms with Crippen LogP contribution in [-0.4, -0.2) is 25.1 Å². The fraction of sp³-hybridized carbons (Fsp3) is 0.500. The topological polar surface area (TPSA) is 64.3 Å². The summed E-state index contributed by atoms with van der Waals surface area (Å²) < 4.78 is 5.65. The number of carbonyl (C=O) groups excluding carboxylic acids is 1. The summed E-state index contributed by atoms with van der Waals surface area (Å²) in [6.07, 6.45) is 2.99. The molecule has 3 N–H and O–H groups in total. The van der Waals surface area contributed by atoms with E-state index < -0.39 is 6.10 Å². The smallest absolute Gasteiger partial charge is 0.260 e. The van der Waals surface area contributed by atoms with Crippen LogP contribution in [0.4, 0.5) is 0 Å². The van der Waals surface area contributed by atoms with Crippen LogP contribution in [0.3, 0.4) is 0 Å². The van der Waals surface area contributed by atoms with Gasteiger partial charge in [-0.05, 0) is 49.4 Å². The average molecular weight is 248 g/mol. The Morgan fingerprint density at radius 1 is 1.44 bits per heavy atom. The Bertz CT molecular complexity index is 432. The first-order valence-electron chi connectivity index (χ1n) is 6.47. The SMILES string of the molecule is CC(Oc1ccc2c(c1)CCC2)C(=O)NCCN. The Kier molecular flexibility index (Phi) is 4.20. The molecule has 0 saturated carbocycles. The number of rotatable bonds is 5. The predicted octanol–water partition coefficient (Wildman–Crippen LogP) is 1.02. The van der Waals surface area contributed by atoms with Crippen molar-refractivity contribution in [1.29, 1.82) is 0 Å². The number of hydrogen-bond acceptors (Lipinski definition) is 3. The van der Waals surface area contributed by atoms with Crippen molar-refractivity contribution in [1.82, 2.24) is 5.32 Å². The monoisotopic (exact) mass is 248 g/mol. The number of ether oxygens (including phenoxy) is 1. The first-order chi connectivity index (χ1) is 8.70. The van der Waals surface area contributed by atoms with E-state index in [1.807, 2.05) is 6.07 Å². The summed E-state index contributed by atoms with van der Waals surface area (Å²) in [6, 6.07) is 6.09. The number of benzene rings is 1. The molecule has 0 saturated heterocycles. The van der Waals surface area contributed by atoms with E-state index in [1.54, 1.807) is 6.92 Å². The van der Waals surface area contributed by atoms with E-state index in [1.165, 1.54) is 17.5 Å². The predicted molar refractivity (Wildman–Crippen MR) is 70.6 cm³/mol. The number of carbonyl (C=O) groups is 1. The Balaban J connectivity index is 1.94. The van der Waals surface area contributed by atoms with Gasteiger partial charge >= 0.3 is 0 Å². The van der Waals surface area contributed by atoms with Gasteiger partial charge in [-0.3, -0.25) is 4.79 Å². The van der Waals surface area contributed by atoms with Crippen molar-refractivity contribution < 1.29 is 9.53 Å². The van der Waals surface area contributed by atoms with Gasteiger partial charge in [-0.2, -0.15) is 0 Å². The van der Waals surface area contributed by atoms with Gasteiger partial charge in [-0.1, -0.05) is 6.07 Å². The third-order valence-electron chi connectivity index (χ3n) is 3.20. The molecule has 4 nitrogen and oxygen atoms in total. The maximum Gasteiger partial charge on any atom is 0.260 e. The largest absolute Gasteiger partial charge is 0.481 e. The summed E-state index contributed by atoms with van der Waals surface area (Å²) in [4.78, 5) is 11.6. The van der Waals surface area contributed by atoms with Gasteiger partial charge in [0.15, 0.2) is 6.10 Å². The van der Waals surface area contributed by atoms with Crippen molar-refractivity contribution in [3.63, 3.8) is 0 Å². The van der Waals surface area contributed by atoms with Gasteiger partial charge in [0.2, 0.25) is 0 Å². The van der Waals surface area contributed by atoms with Gasteiger partial charge in [0.25, 0.3) is 5.91 Å². The van der Waals surface area contributed by atoms with E-state index in [0.717, 1.165) is 18.6 Å². The summed E-state index contributed by atoms with van der Waals surface area (Å²) in [6.45, 7) is 2.67. The fourth-order valence-corrected chi connectivity index (χ4v) is 2.22. The Morgan fingerprint density at radius 2 is 2.22 bits per heavy atom. The van der Waals surface area contributed by atoms with E-state index >= 15 is 0 Å². The minimum absolute atomic E-state index is 0.124. The summed E-state index contributed by atoms with van der Waals surface area (Å²) in [5, 5.41) is 2.72. The van der Waals surface area contributed by atoms with Crippen molar-refractivity contribution in [2.45, 2.75) is 32.3 Å². The van der Waals surface area contributed by atoms with Crippen LogP contribution in [0.2, 0.25) is 0 Å². The highest BCUT2D eigenvalue weighted by Crippen LogP contribution is 2.26. The number of nitrogens with two attached hydrogens (primary N) is 1. The Labute approximate surface area is 108 Å². The van der Waals surface area contributed by atoms with Gasteiger partial charge in [0, 0.05) is 13.1 Å². The highest BCUT2D eigenvalue weighted by Gasteiger charge is 2.16. The highest BCUT2D eigenvalue weighted by atomic mass is 16.5. The van der Waals surface area contributed by atoms with Crippen LogP contribution in [0.5, 0.6) is 5.75 Å². The molecule has 98 valence electrons. The minimum Gasteiger partial charge on any atom is -0.481 e. The zero-order valence-electron chi connectivity index (χ0n) is 10.7. The van der Waals surface area contributed by atoms with E-state index in [4.69, 9.17) is 10.5 Å². The molecular formula is C14H20N2O2. The van der Waals surface area contributed by atoms with Crippen molar-refractivity contribution in [2.75, 3.05) is 13.1 Å². The lowest BCUT2D eigenvalue weighted by molar-refractivity contribution is -0.127. The zero-order chi connectivity index (χ0) is 13.0. The molecule has 1 amide bonds. The van der Waals surface area contributed by atoms with Gasteiger partial charge in [0.1, 0.15) is 5.75 Å². The van der Waals surface area contributed by atoms with Gasteiger partial charge in [-0.15, -0.1) is 0 Å². The van der Waals surface area contributed by atoms with Crippen molar-refractivity contribution in [2.24, 2.45) is 5.73 Å². The van der Waals surface area contributed by atoms with E-state index in [-0.39, 0.29) is 5.91 Å². The van der Waals surface area contributed by atoms with Crippen LogP contribution in [0.15, 0.2) is 18.2 Å². The lowest BCUT2D eigenvalue weighted by Crippen LogP contribution is -2.38. The van der Waals surface area contributed by atoms with Gasteiger partial charge in [0.05, 0.1) is 0 Å². The molecular weight excluding hydrogens is 228 g/mol. The summed E-state index contributed by atoms with van der Waals surface area (Å²) in [5.74, 6) is 0.645. The quantitative estimate of drug-likeness (QED) is 0.817. The lowest BCUT2D eigenvalue weighted by atomic mass is 10.1. The molecule has 0 heterocycles. The average Bonchev–Trinajstić information content (AvgIpc) is 2.83. The summed E-state index contributed by atoms with van der Waals surface area (Å²) >= 11 is 0. The fourth-order valence-electron chi connectivity index (χ4n) is 2.22. The summed E-state index contributed by atoms with van der Waals surface area (Å²) in [7, 11) is 0. The Hall–Kier alpha value is -1.55. The van der Waals surface area contributed by atoms with Gasteiger partial charge < -0.3 is 15.8 Å². The molecule has 0 bridgehead atoms. The third kappa shape index (κ3) is 3.01. The van der Waals surface area contributed by atoms with Crippen LogP contribution < -0.4 is 15.8 Å². The van der Waals surface area contributed by atoms with Crippen LogP contribution in [-0.2, 0) is 17.6 Å². The van der Waals surface area contributed by atoms with Crippen LogP contribution in [0.1, 0.15) is 24.5 Å². The van der Waals surface area contributed by atoms with Crippen molar-refractivity contribution >= 4 is 5.91 Å². The molecule has 0 aliphatic heterocycles. The highest BCUT2D eigenvalue weighted by molar-refractivity contribution is 5.80. The number of aryl methyl sites for hydroxylation is 2. The molecule has 4 heteroatoms. The first kappa shape index (κ1) is 12.9. The second-order valence-corrected chi connectivity index (χ2v) is 4.62. The molecule has 0 spiro atoms. The first-order valence-corrected chi connectivity index (χ1v) is 6.47. The van der Waals surface area contributed by atoms with E-state index in [2.05, 4.69) is 17.4 Å². The van der Waals surface area contributed by atoms with Gasteiger partial charge in [-0.25, -0.2) is 0 Å². The zero-order valence-corrected chi connectivity index (χ0v) is 10.7. The molecule has 1 unspecified atom stereocenters. The van der Waals surface area contributed by atoms with Crippen molar-refractivity contribution in [3.8, 4) is 5.75 Å². The second-order valence-electron chi connectivity index (χ2n) is 4.62. The maximum absolute atomic E-state index is 11.6. The van der Waals surface area contributed by atoms with E-state index in [0.29, 0.717) is 13.1 Å². The summed E-state index contributed by atoms with van der Waals surface area (Å²) in [5.41, 5.74) is 8.09. The van der Waals surface area contributed by atoms with Crippen LogP contribution in [0, 0.1) is 0 Å². The molecule has 0 radical (unpaired) electrons. The maximum atomic E-state index is 11.6. The molecule has 1 atom stereocenters. The number of amides is 1. The minimum atomic E-state index is -0.490. The third-order valence-corrected chi connectivity index (χ3v) is 3.20. The lowest BCUT2D eigenvalue weighted by Gasteiger charge is -2.15. The molecule has 0 aromatic heterocycles. The molecule has 1 aromatic rings. The molecule has 18 heavy (non-hydrogen) atoms. The molecule has 1 aromatic carbocycles. The normalized spacial score (nSPS) is 15.0. The molecule has 1 aliphatic carbocycles.